The van der Waals surface area contributed by atoms with E-state index in [1.165, 1.54) is 10.7 Å². The van der Waals surface area contributed by atoms with Crippen LogP contribution in [0.3, 0.4) is 0 Å². The summed E-state index contributed by atoms with van der Waals surface area (Å²) in [5, 5.41) is 4.38. The van der Waals surface area contributed by atoms with Crippen LogP contribution in [0.25, 0.3) is 11.4 Å². The Morgan fingerprint density at radius 2 is 1.76 bits per heavy atom. The summed E-state index contributed by atoms with van der Waals surface area (Å²) in [7, 11) is 0. The van der Waals surface area contributed by atoms with Crippen LogP contribution in [0.15, 0.2) is 65.8 Å². The van der Waals surface area contributed by atoms with Gasteiger partial charge in [-0.3, -0.25) is 14.8 Å². The topological polar surface area (TPSA) is 60.7 Å². The first kappa shape index (κ1) is 13.2. The van der Waals surface area contributed by atoms with Crippen molar-refractivity contribution in [1.82, 2.24) is 19.7 Å². The number of pyridine rings is 2. The third-order valence-corrected chi connectivity index (χ3v) is 3.16. The van der Waals surface area contributed by atoms with Gasteiger partial charge in [0.1, 0.15) is 5.69 Å². The number of nitrogens with zero attached hydrogens (tertiary/aromatic N) is 4. The lowest BCUT2D eigenvalue weighted by molar-refractivity contribution is 0.580. The van der Waals surface area contributed by atoms with Gasteiger partial charge in [0, 0.05) is 31.2 Å². The van der Waals surface area contributed by atoms with E-state index in [2.05, 4.69) is 15.1 Å². The second-order valence-corrected chi connectivity index (χ2v) is 4.60. The fourth-order valence-corrected chi connectivity index (χ4v) is 2.04. The van der Waals surface area contributed by atoms with Crippen LogP contribution in [0.1, 0.15) is 5.56 Å². The molecule has 5 nitrogen and oxygen atoms in total. The monoisotopic (exact) mass is 278 g/mol. The van der Waals surface area contributed by atoms with Gasteiger partial charge in [0.15, 0.2) is 0 Å². The van der Waals surface area contributed by atoms with Gasteiger partial charge in [-0.1, -0.05) is 6.07 Å². The second kappa shape index (κ2) is 6.09. The first-order chi connectivity index (χ1) is 10.3. The average molecular weight is 278 g/mol. The Morgan fingerprint density at radius 1 is 0.905 bits per heavy atom. The van der Waals surface area contributed by atoms with Crippen molar-refractivity contribution in [1.29, 1.82) is 0 Å². The van der Waals surface area contributed by atoms with Crippen molar-refractivity contribution in [2.45, 2.75) is 13.0 Å². The smallest absolute Gasteiger partial charge is 0.266 e. The summed E-state index contributed by atoms with van der Waals surface area (Å²) < 4.78 is 1.48. The summed E-state index contributed by atoms with van der Waals surface area (Å²) in [4.78, 5) is 20.1. The molecule has 0 radical (unpaired) electrons. The molecule has 0 spiro atoms. The fourth-order valence-electron chi connectivity index (χ4n) is 2.04. The van der Waals surface area contributed by atoms with E-state index in [1.54, 1.807) is 24.7 Å². The second-order valence-electron chi connectivity index (χ2n) is 4.60. The Morgan fingerprint density at radius 3 is 2.52 bits per heavy atom. The summed E-state index contributed by atoms with van der Waals surface area (Å²) in [5.41, 5.74) is 2.48. The molecule has 0 amide bonds. The van der Waals surface area contributed by atoms with E-state index in [9.17, 15) is 4.79 Å². The molecular weight excluding hydrogens is 264 g/mol. The zero-order chi connectivity index (χ0) is 14.5. The molecule has 0 saturated carbocycles. The lowest BCUT2D eigenvalue weighted by Gasteiger charge is -2.06. The summed E-state index contributed by atoms with van der Waals surface area (Å²) in [6.07, 6.45) is 5.94. The summed E-state index contributed by atoms with van der Waals surface area (Å²) in [6, 6.07) is 12.7. The van der Waals surface area contributed by atoms with Gasteiger partial charge >= 0.3 is 0 Å². The number of hydrogen-bond acceptors (Lipinski definition) is 4. The third-order valence-electron chi connectivity index (χ3n) is 3.16. The van der Waals surface area contributed by atoms with E-state index < -0.39 is 0 Å². The molecule has 0 atom stereocenters. The van der Waals surface area contributed by atoms with E-state index >= 15 is 0 Å². The van der Waals surface area contributed by atoms with Crippen molar-refractivity contribution in [3.05, 3.63) is 77.0 Å². The first-order valence-corrected chi connectivity index (χ1v) is 6.71. The van der Waals surface area contributed by atoms with Gasteiger partial charge < -0.3 is 0 Å². The maximum atomic E-state index is 11.9. The molecule has 21 heavy (non-hydrogen) atoms. The minimum Gasteiger partial charge on any atom is -0.268 e. The zero-order valence-corrected chi connectivity index (χ0v) is 11.4. The molecule has 104 valence electrons. The van der Waals surface area contributed by atoms with E-state index in [1.807, 2.05) is 30.3 Å². The molecule has 0 bridgehead atoms. The predicted octanol–water partition coefficient (Wildman–Crippen LogP) is 1.94. The highest BCUT2D eigenvalue weighted by molar-refractivity contribution is 5.52. The van der Waals surface area contributed by atoms with Crippen LogP contribution in [-0.2, 0) is 13.0 Å². The van der Waals surface area contributed by atoms with Crippen LogP contribution < -0.4 is 5.56 Å². The van der Waals surface area contributed by atoms with E-state index in [0.29, 0.717) is 12.2 Å². The van der Waals surface area contributed by atoms with E-state index in [-0.39, 0.29) is 5.56 Å². The molecule has 0 aromatic carbocycles. The minimum atomic E-state index is -0.108. The maximum Gasteiger partial charge on any atom is 0.266 e. The van der Waals surface area contributed by atoms with Crippen molar-refractivity contribution in [2.24, 2.45) is 0 Å². The highest BCUT2D eigenvalue weighted by atomic mass is 16.1. The van der Waals surface area contributed by atoms with Gasteiger partial charge in [-0.15, -0.1) is 0 Å². The van der Waals surface area contributed by atoms with Gasteiger partial charge in [0.05, 0.1) is 5.69 Å². The molecule has 5 heteroatoms. The normalized spacial score (nSPS) is 10.5. The highest BCUT2D eigenvalue weighted by Crippen LogP contribution is 2.10. The van der Waals surface area contributed by atoms with Gasteiger partial charge in [0.2, 0.25) is 0 Å². The zero-order valence-electron chi connectivity index (χ0n) is 11.4. The summed E-state index contributed by atoms with van der Waals surface area (Å²) >= 11 is 0. The lowest BCUT2D eigenvalue weighted by atomic mass is 10.2. The van der Waals surface area contributed by atoms with Crippen LogP contribution >= 0.6 is 0 Å². The molecule has 0 aliphatic carbocycles. The Hall–Kier alpha value is -2.82. The average Bonchev–Trinajstić information content (AvgIpc) is 2.56. The maximum absolute atomic E-state index is 11.9. The number of rotatable bonds is 4. The van der Waals surface area contributed by atoms with Gasteiger partial charge in [0.25, 0.3) is 5.56 Å². The third kappa shape index (κ3) is 3.20. The molecule has 0 N–H and O–H groups in total. The fraction of sp³-hybridized carbons (Fsp3) is 0.125. The Bertz CT molecular complexity index is 769. The highest BCUT2D eigenvalue weighted by Gasteiger charge is 2.04. The number of hydrogen-bond donors (Lipinski definition) is 0. The Labute approximate surface area is 121 Å². The molecule has 3 aromatic heterocycles. The Balaban J connectivity index is 1.84. The standard InChI is InChI=1S/C16H14N4O/c21-16-5-4-15(14-3-1-2-9-18-14)19-20(16)12-8-13-6-10-17-11-7-13/h1-7,9-11H,8,12H2. The van der Waals surface area contributed by atoms with E-state index in [4.69, 9.17) is 0 Å². The summed E-state index contributed by atoms with van der Waals surface area (Å²) in [6.45, 7) is 0.531. The molecule has 3 aromatic rings. The molecule has 0 aliphatic rings. The Kier molecular flexibility index (Phi) is 3.82. The molecule has 0 aliphatic heterocycles. The first-order valence-electron chi connectivity index (χ1n) is 6.71. The minimum absolute atomic E-state index is 0.108. The number of aryl methyl sites for hydroxylation is 2. The van der Waals surface area contributed by atoms with Crippen LogP contribution in [0.4, 0.5) is 0 Å². The SMILES string of the molecule is O=c1ccc(-c2ccccn2)nn1CCc1ccncc1. The largest absolute Gasteiger partial charge is 0.268 e. The molecule has 0 saturated heterocycles. The van der Waals surface area contributed by atoms with Crippen LogP contribution in [0, 0.1) is 0 Å². The van der Waals surface area contributed by atoms with Crippen LogP contribution in [-0.4, -0.2) is 19.7 Å². The van der Waals surface area contributed by atoms with Gasteiger partial charge in [-0.25, -0.2) is 4.68 Å². The van der Waals surface area contributed by atoms with Crippen LogP contribution in [0.5, 0.6) is 0 Å². The van der Waals surface area contributed by atoms with E-state index in [0.717, 1.165) is 17.7 Å². The van der Waals surface area contributed by atoms with Gasteiger partial charge in [-0.2, -0.15) is 5.10 Å². The molecule has 3 rings (SSSR count). The molecule has 3 heterocycles. The van der Waals surface area contributed by atoms with Crippen molar-refractivity contribution < 1.29 is 0 Å². The van der Waals surface area contributed by atoms with Gasteiger partial charge in [-0.05, 0) is 42.3 Å². The number of aromatic nitrogens is 4. The lowest BCUT2D eigenvalue weighted by Crippen LogP contribution is -2.23. The quantitative estimate of drug-likeness (QED) is 0.731. The van der Waals surface area contributed by atoms with Crippen molar-refractivity contribution >= 4 is 0 Å². The van der Waals surface area contributed by atoms with Crippen molar-refractivity contribution in [2.75, 3.05) is 0 Å². The van der Waals surface area contributed by atoms with Crippen LogP contribution in [0.2, 0.25) is 0 Å². The molecule has 0 unspecified atom stereocenters. The molecular formula is C16H14N4O. The van der Waals surface area contributed by atoms with Crippen molar-refractivity contribution in [3.8, 4) is 11.4 Å². The molecule has 0 fully saturated rings. The summed E-state index contributed by atoms with van der Waals surface area (Å²) in [5.74, 6) is 0. The predicted molar refractivity (Wildman–Crippen MR) is 79.7 cm³/mol. The van der Waals surface area contributed by atoms with Crippen molar-refractivity contribution in [3.63, 3.8) is 0 Å².